The Balaban J connectivity index is 1.81. The number of ether oxygens (including phenoxy) is 1. The SMILES string of the molecule is COc1cccc(C(O)CNC(=O)CCn2ccnc2C(C)C)c1. The number of rotatable bonds is 8. The van der Waals surface area contributed by atoms with E-state index in [0.717, 1.165) is 5.82 Å². The molecule has 0 spiro atoms. The molecule has 2 aromatic rings. The van der Waals surface area contributed by atoms with Crippen LogP contribution in [0.15, 0.2) is 36.7 Å². The number of benzene rings is 1. The highest BCUT2D eigenvalue weighted by Gasteiger charge is 2.12. The molecule has 1 aromatic carbocycles. The molecule has 0 fully saturated rings. The second kappa shape index (κ2) is 8.49. The Morgan fingerprint density at radius 3 is 2.92 bits per heavy atom. The Bertz CT molecular complexity index is 667. The van der Waals surface area contributed by atoms with Gasteiger partial charge in [0.25, 0.3) is 0 Å². The molecule has 1 aromatic heterocycles. The predicted molar refractivity (Wildman–Crippen MR) is 91.9 cm³/mol. The number of nitrogens with zero attached hydrogens (tertiary/aromatic N) is 2. The van der Waals surface area contributed by atoms with E-state index in [1.165, 1.54) is 0 Å². The quantitative estimate of drug-likeness (QED) is 0.778. The van der Waals surface area contributed by atoms with Gasteiger partial charge in [-0.3, -0.25) is 4.79 Å². The third-order valence-electron chi connectivity index (χ3n) is 3.82. The maximum atomic E-state index is 12.0. The molecule has 6 heteroatoms. The molecule has 0 aliphatic rings. The third-order valence-corrected chi connectivity index (χ3v) is 3.82. The van der Waals surface area contributed by atoms with Crippen molar-refractivity contribution >= 4 is 5.91 Å². The van der Waals surface area contributed by atoms with Crippen LogP contribution >= 0.6 is 0 Å². The van der Waals surface area contributed by atoms with Crippen LogP contribution in [0.1, 0.15) is 43.7 Å². The monoisotopic (exact) mass is 331 g/mol. The summed E-state index contributed by atoms with van der Waals surface area (Å²) in [5, 5.41) is 12.9. The Morgan fingerprint density at radius 2 is 2.21 bits per heavy atom. The average Bonchev–Trinajstić information content (AvgIpc) is 3.06. The number of amides is 1. The molecule has 0 aliphatic heterocycles. The van der Waals surface area contributed by atoms with Gasteiger partial charge in [0.05, 0.1) is 13.2 Å². The molecule has 0 saturated heterocycles. The van der Waals surface area contributed by atoms with Crippen molar-refractivity contribution in [3.63, 3.8) is 0 Å². The van der Waals surface area contributed by atoms with Gasteiger partial charge in [0.1, 0.15) is 11.6 Å². The standard InChI is InChI=1S/C18H25N3O3/c1-13(2)18-19-8-10-21(18)9-7-17(23)20-12-16(22)14-5-4-6-15(11-14)24-3/h4-6,8,10-11,13,16,22H,7,9,12H2,1-3H3,(H,20,23). The van der Waals surface area contributed by atoms with E-state index in [2.05, 4.69) is 24.1 Å². The van der Waals surface area contributed by atoms with E-state index in [9.17, 15) is 9.90 Å². The number of imidazole rings is 1. The zero-order valence-electron chi connectivity index (χ0n) is 14.4. The lowest BCUT2D eigenvalue weighted by Crippen LogP contribution is -2.29. The van der Waals surface area contributed by atoms with E-state index in [-0.39, 0.29) is 12.5 Å². The largest absolute Gasteiger partial charge is 0.497 e. The molecule has 1 atom stereocenters. The van der Waals surface area contributed by atoms with Crippen LogP contribution < -0.4 is 10.1 Å². The van der Waals surface area contributed by atoms with E-state index >= 15 is 0 Å². The number of nitrogens with one attached hydrogen (secondary N) is 1. The summed E-state index contributed by atoms with van der Waals surface area (Å²) in [6.45, 7) is 4.90. The van der Waals surface area contributed by atoms with Gasteiger partial charge in [-0.1, -0.05) is 26.0 Å². The van der Waals surface area contributed by atoms with Crippen molar-refractivity contribution in [2.45, 2.75) is 38.8 Å². The Labute approximate surface area is 142 Å². The topological polar surface area (TPSA) is 76.4 Å². The van der Waals surface area contributed by atoms with Crippen molar-refractivity contribution in [2.24, 2.45) is 0 Å². The molecule has 0 radical (unpaired) electrons. The van der Waals surface area contributed by atoms with Gasteiger partial charge in [-0.2, -0.15) is 0 Å². The minimum atomic E-state index is -0.761. The zero-order chi connectivity index (χ0) is 17.5. The normalized spacial score (nSPS) is 12.2. The van der Waals surface area contributed by atoms with Crippen molar-refractivity contribution < 1.29 is 14.6 Å². The molecule has 1 unspecified atom stereocenters. The van der Waals surface area contributed by atoms with E-state index in [4.69, 9.17) is 4.74 Å². The van der Waals surface area contributed by atoms with Crippen LogP contribution in [0, 0.1) is 0 Å². The number of aliphatic hydroxyl groups is 1. The first kappa shape index (κ1) is 18.0. The lowest BCUT2D eigenvalue weighted by Gasteiger charge is -2.14. The molecular weight excluding hydrogens is 306 g/mol. The molecule has 1 amide bonds. The highest BCUT2D eigenvalue weighted by atomic mass is 16.5. The third kappa shape index (κ3) is 4.83. The van der Waals surface area contributed by atoms with Gasteiger partial charge >= 0.3 is 0 Å². The van der Waals surface area contributed by atoms with Crippen molar-refractivity contribution in [1.29, 1.82) is 0 Å². The van der Waals surface area contributed by atoms with Gasteiger partial charge in [0.2, 0.25) is 5.91 Å². The first-order chi connectivity index (χ1) is 11.5. The first-order valence-electron chi connectivity index (χ1n) is 8.11. The summed E-state index contributed by atoms with van der Waals surface area (Å²) in [6, 6.07) is 7.19. The number of hydrogen-bond donors (Lipinski definition) is 2. The second-order valence-electron chi connectivity index (χ2n) is 5.98. The molecule has 0 bridgehead atoms. The molecule has 2 N–H and O–H groups in total. The summed E-state index contributed by atoms with van der Waals surface area (Å²) in [5.41, 5.74) is 0.714. The summed E-state index contributed by atoms with van der Waals surface area (Å²) in [5.74, 6) is 1.87. The molecule has 6 nitrogen and oxygen atoms in total. The highest BCUT2D eigenvalue weighted by molar-refractivity contribution is 5.75. The molecule has 0 aliphatic carbocycles. The summed E-state index contributed by atoms with van der Waals surface area (Å²) < 4.78 is 7.12. The summed E-state index contributed by atoms with van der Waals surface area (Å²) in [6.07, 6.45) is 3.22. The van der Waals surface area contributed by atoms with E-state index in [1.54, 1.807) is 25.4 Å². The van der Waals surface area contributed by atoms with Gasteiger partial charge < -0.3 is 19.7 Å². The van der Waals surface area contributed by atoms with Crippen molar-refractivity contribution in [3.05, 3.63) is 48.0 Å². The number of hydrogen-bond acceptors (Lipinski definition) is 4. The van der Waals surface area contributed by atoms with Crippen LogP contribution in [-0.2, 0) is 11.3 Å². The highest BCUT2D eigenvalue weighted by Crippen LogP contribution is 2.18. The van der Waals surface area contributed by atoms with Crippen molar-refractivity contribution in [3.8, 4) is 5.75 Å². The maximum absolute atomic E-state index is 12.0. The van der Waals surface area contributed by atoms with Crippen LogP contribution in [0.4, 0.5) is 0 Å². The minimum Gasteiger partial charge on any atom is -0.497 e. The molecule has 24 heavy (non-hydrogen) atoms. The van der Waals surface area contributed by atoms with E-state index in [0.29, 0.717) is 30.2 Å². The van der Waals surface area contributed by atoms with Crippen LogP contribution in [0.2, 0.25) is 0 Å². The van der Waals surface area contributed by atoms with Crippen LogP contribution in [0.5, 0.6) is 5.75 Å². The smallest absolute Gasteiger partial charge is 0.221 e. The number of carbonyl (C=O) groups is 1. The van der Waals surface area contributed by atoms with Crippen LogP contribution in [0.25, 0.3) is 0 Å². The molecule has 130 valence electrons. The van der Waals surface area contributed by atoms with Gasteiger partial charge in [0, 0.05) is 37.8 Å². The minimum absolute atomic E-state index is 0.0969. The van der Waals surface area contributed by atoms with Crippen molar-refractivity contribution in [1.82, 2.24) is 14.9 Å². The lowest BCUT2D eigenvalue weighted by molar-refractivity contribution is -0.121. The average molecular weight is 331 g/mol. The fraction of sp³-hybridized carbons (Fsp3) is 0.444. The Morgan fingerprint density at radius 1 is 1.42 bits per heavy atom. The second-order valence-corrected chi connectivity index (χ2v) is 5.98. The van der Waals surface area contributed by atoms with E-state index < -0.39 is 6.10 Å². The zero-order valence-corrected chi connectivity index (χ0v) is 14.4. The fourth-order valence-corrected chi connectivity index (χ4v) is 2.50. The van der Waals surface area contributed by atoms with Crippen LogP contribution in [-0.4, -0.2) is 34.2 Å². The molecular formula is C18H25N3O3. The van der Waals surface area contributed by atoms with Gasteiger partial charge in [-0.15, -0.1) is 0 Å². The van der Waals surface area contributed by atoms with Gasteiger partial charge in [-0.05, 0) is 17.7 Å². The summed E-state index contributed by atoms with van der Waals surface area (Å²) in [4.78, 5) is 16.3. The van der Waals surface area contributed by atoms with E-state index in [1.807, 2.05) is 22.9 Å². The first-order valence-corrected chi connectivity index (χ1v) is 8.11. The van der Waals surface area contributed by atoms with Gasteiger partial charge in [0.15, 0.2) is 0 Å². The predicted octanol–water partition coefficient (Wildman–Crippen LogP) is 2.25. The van der Waals surface area contributed by atoms with Gasteiger partial charge in [-0.25, -0.2) is 4.98 Å². The van der Waals surface area contributed by atoms with Crippen molar-refractivity contribution in [2.75, 3.05) is 13.7 Å². The molecule has 0 saturated carbocycles. The van der Waals surface area contributed by atoms with Crippen LogP contribution in [0.3, 0.4) is 0 Å². The summed E-state index contributed by atoms with van der Waals surface area (Å²) in [7, 11) is 1.58. The lowest BCUT2D eigenvalue weighted by atomic mass is 10.1. The number of carbonyl (C=O) groups excluding carboxylic acids is 1. The number of aromatic nitrogens is 2. The Kier molecular flexibility index (Phi) is 6.37. The number of methoxy groups -OCH3 is 1. The Hall–Kier alpha value is -2.34. The number of aryl methyl sites for hydroxylation is 1. The fourth-order valence-electron chi connectivity index (χ4n) is 2.50. The maximum Gasteiger partial charge on any atom is 0.221 e. The molecule has 2 rings (SSSR count). The summed E-state index contributed by atoms with van der Waals surface area (Å²) >= 11 is 0. The number of aliphatic hydroxyl groups excluding tert-OH is 1. The molecule has 1 heterocycles.